The van der Waals surface area contributed by atoms with E-state index in [0.717, 1.165) is 35.0 Å². The van der Waals surface area contributed by atoms with Crippen LogP contribution in [0.1, 0.15) is 86.3 Å². The lowest BCUT2D eigenvalue weighted by atomic mass is 9.85. The van der Waals surface area contributed by atoms with Gasteiger partial charge in [0.1, 0.15) is 23.9 Å². The number of aromatic nitrogens is 5. The number of carbonyl (C=O) groups is 2. The highest BCUT2D eigenvalue weighted by molar-refractivity contribution is 5.90. The lowest BCUT2D eigenvalue weighted by Gasteiger charge is -2.36. The molecule has 0 radical (unpaired) electrons. The molecule has 6 N–H and O–H groups in total. The summed E-state index contributed by atoms with van der Waals surface area (Å²) < 4.78 is 14.6. The third-order valence-electron chi connectivity index (χ3n) is 12.5. The Bertz CT molecular complexity index is 2920. The lowest BCUT2D eigenvalue weighted by Crippen LogP contribution is -2.49. The molecular weight excluding hydrogens is 833 g/mol. The van der Waals surface area contributed by atoms with Gasteiger partial charge in [0.2, 0.25) is 5.60 Å². The number of pyridine rings is 2. The monoisotopic (exact) mass is 886 g/mol. The number of aryl methyl sites for hydroxylation is 1. The zero-order chi connectivity index (χ0) is 46.2. The van der Waals surface area contributed by atoms with E-state index in [1.807, 2.05) is 45.0 Å². The fourth-order valence-corrected chi connectivity index (χ4v) is 8.88. The summed E-state index contributed by atoms with van der Waals surface area (Å²) >= 11 is 0. The normalized spacial score (nSPS) is 15.2. The number of hydrogen-bond donors (Lipinski definition) is 6. The Labute approximate surface area is 374 Å². The molecule has 0 aliphatic carbocycles. The molecule has 3 aromatic heterocycles. The van der Waals surface area contributed by atoms with Gasteiger partial charge < -0.3 is 44.9 Å². The van der Waals surface area contributed by atoms with Crippen LogP contribution in [-0.2, 0) is 46.0 Å². The van der Waals surface area contributed by atoms with Crippen molar-refractivity contribution in [2.24, 2.45) is 0 Å². The van der Waals surface area contributed by atoms with Crippen LogP contribution in [0.3, 0.4) is 0 Å². The number of amides is 1. The molecule has 340 valence electrons. The Kier molecular flexibility index (Phi) is 12.5. The number of nitrogens with zero attached hydrogens (tertiary/aromatic N) is 5. The number of carbonyl (C=O) groups excluding carboxylic acids is 2. The van der Waals surface area contributed by atoms with Crippen LogP contribution in [0.2, 0.25) is 0 Å². The number of aromatic hydroxyl groups is 3. The first-order valence-corrected chi connectivity index (χ1v) is 22.0. The number of esters is 1. The molecule has 0 saturated heterocycles. The minimum Gasteiger partial charge on any atom is -0.508 e. The van der Waals surface area contributed by atoms with E-state index in [2.05, 4.69) is 20.8 Å². The quantitative estimate of drug-likeness (QED) is 0.0510. The standard InChI is InChI=1S/C48H54N8O9/c1-6-31-33-20-30(57)14-15-38(33)51-42-35(31)25-55-39(42)22-37-36(44(55)60)26-64-45(61)48(37,7-2)65-47(63)54(5)19-9-8-16-49-17-18-50-24-28-10-12-29(13-11-28)56-43(52-53-46(56)62)34-21-32(27(3)4)40(58)23-41(34)59/h10-15,20-23,27,49-50,57-59H,6-9,16-19,24-26H2,1-5H3,(H,53,62). The predicted molar refractivity (Wildman–Crippen MR) is 243 cm³/mol. The second kappa shape index (κ2) is 18.3. The Balaban J connectivity index is 0.820. The van der Waals surface area contributed by atoms with Crippen molar-refractivity contribution < 1.29 is 34.4 Å². The van der Waals surface area contributed by atoms with Gasteiger partial charge in [0, 0.05) is 55.8 Å². The molecule has 0 bridgehead atoms. The zero-order valence-electron chi connectivity index (χ0n) is 37.2. The van der Waals surface area contributed by atoms with Gasteiger partial charge in [0.25, 0.3) is 5.56 Å². The minimum absolute atomic E-state index is 0.0135. The van der Waals surface area contributed by atoms with E-state index >= 15 is 0 Å². The molecule has 1 atom stereocenters. The van der Waals surface area contributed by atoms with Crippen molar-refractivity contribution in [2.45, 2.75) is 84.6 Å². The summed E-state index contributed by atoms with van der Waals surface area (Å²) in [6.07, 6.45) is 1.47. The van der Waals surface area contributed by atoms with Crippen LogP contribution in [0.4, 0.5) is 4.79 Å². The van der Waals surface area contributed by atoms with Gasteiger partial charge in [-0.15, -0.1) is 0 Å². The van der Waals surface area contributed by atoms with Gasteiger partial charge >= 0.3 is 17.8 Å². The number of phenols is 3. The highest BCUT2D eigenvalue weighted by atomic mass is 16.6. The molecule has 0 saturated carbocycles. The summed E-state index contributed by atoms with van der Waals surface area (Å²) in [5.41, 5.74) is 4.21. The third kappa shape index (κ3) is 8.32. The number of cyclic esters (lactones) is 1. The molecule has 17 nitrogen and oxygen atoms in total. The minimum atomic E-state index is -1.82. The first kappa shape index (κ1) is 44.6. The second-order valence-electron chi connectivity index (χ2n) is 16.9. The van der Waals surface area contributed by atoms with Crippen LogP contribution in [0.5, 0.6) is 17.2 Å². The average molecular weight is 887 g/mol. The van der Waals surface area contributed by atoms with Gasteiger partial charge in [0.15, 0.2) is 5.82 Å². The predicted octanol–water partition coefficient (Wildman–Crippen LogP) is 5.66. The molecule has 17 heteroatoms. The number of ether oxygens (including phenoxy) is 2. The maximum atomic E-state index is 14.1. The van der Waals surface area contributed by atoms with Crippen LogP contribution < -0.4 is 21.9 Å². The highest BCUT2D eigenvalue weighted by Crippen LogP contribution is 2.43. The molecule has 65 heavy (non-hydrogen) atoms. The molecule has 2 aliphatic heterocycles. The summed E-state index contributed by atoms with van der Waals surface area (Å²) in [5.74, 6) is -0.586. The van der Waals surface area contributed by atoms with Crippen molar-refractivity contribution in [2.75, 3.05) is 33.2 Å². The van der Waals surface area contributed by atoms with E-state index in [4.69, 9.17) is 14.5 Å². The SMILES string of the molecule is CCc1c2c(nc3ccc(O)cc13)-c1cc3c(c(=O)n1C2)COC(=O)C3(CC)OC(=O)N(C)CCCCNCCNCc1ccc(-n2c(-c3cc(C(C)C)c(O)cc3O)n[nH]c2=O)cc1. The molecule has 6 aromatic rings. The van der Waals surface area contributed by atoms with E-state index in [1.54, 1.807) is 48.9 Å². The Morgan fingerprint density at radius 3 is 2.46 bits per heavy atom. The van der Waals surface area contributed by atoms with E-state index < -0.39 is 23.4 Å². The Morgan fingerprint density at radius 1 is 0.954 bits per heavy atom. The largest absolute Gasteiger partial charge is 0.508 e. The summed E-state index contributed by atoms with van der Waals surface area (Å²) in [7, 11) is 1.62. The van der Waals surface area contributed by atoms with E-state index in [0.29, 0.717) is 78.3 Å². The fourth-order valence-electron chi connectivity index (χ4n) is 8.88. The smallest absolute Gasteiger partial charge is 0.410 e. The van der Waals surface area contributed by atoms with Crippen LogP contribution >= 0.6 is 0 Å². The molecule has 1 amide bonds. The van der Waals surface area contributed by atoms with Crippen molar-refractivity contribution in [1.82, 2.24) is 39.8 Å². The first-order valence-electron chi connectivity index (χ1n) is 22.0. The van der Waals surface area contributed by atoms with Crippen molar-refractivity contribution in [3.8, 4) is 45.7 Å². The molecule has 3 aromatic carbocycles. The number of phenolic OH excluding ortho intramolecular Hbond substituents is 3. The van der Waals surface area contributed by atoms with Crippen LogP contribution in [0.15, 0.2) is 70.3 Å². The van der Waals surface area contributed by atoms with E-state index in [-0.39, 0.29) is 59.7 Å². The second-order valence-corrected chi connectivity index (χ2v) is 16.9. The zero-order valence-corrected chi connectivity index (χ0v) is 37.2. The van der Waals surface area contributed by atoms with Gasteiger partial charge in [0.05, 0.1) is 40.3 Å². The van der Waals surface area contributed by atoms with Crippen molar-refractivity contribution >= 4 is 23.0 Å². The number of unbranched alkanes of at least 4 members (excludes halogenated alkanes) is 1. The number of H-pyrrole nitrogens is 1. The van der Waals surface area contributed by atoms with Crippen LogP contribution in [0.25, 0.3) is 39.4 Å². The van der Waals surface area contributed by atoms with Crippen molar-refractivity contribution in [3.05, 3.63) is 115 Å². The topological polar surface area (TPSA) is 226 Å². The Morgan fingerprint density at radius 2 is 1.72 bits per heavy atom. The summed E-state index contributed by atoms with van der Waals surface area (Å²) in [6, 6.07) is 17.1. The molecule has 0 fully saturated rings. The number of aromatic amines is 1. The number of hydrogen-bond acceptors (Lipinski definition) is 13. The molecular formula is C48H54N8O9. The number of benzene rings is 3. The van der Waals surface area contributed by atoms with Gasteiger partial charge in [-0.3, -0.25) is 4.79 Å². The molecule has 0 spiro atoms. The van der Waals surface area contributed by atoms with Crippen LogP contribution in [-0.4, -0.2) is 89.8 Å². The number of rotatable bonds is 16. The van der Waals surface area contributed by atoms with Gasteiger partial charge in [-0.2, -0.15) is 5.10 Å². The third-order valence-corrected chi connectivity index (χ3v) is 12.5. The summed E-state index contributed by atoms with van der Waals surface area (Å²) in [4.78, 5) is 60.4. The molecule has 2 aliphatic rings. The highest BCUT2D eigenvalue weighted by Gasteiger charge is 2.51. The fraction of sp³-hybridized carbons (Fsp3) is 0.375. The summed E-state index contributed by atoms with van der Waals surface area (Å²) in [6.45, 7) is 10.7. The Hall–Kier alpha value is -6.98. The number of fused-ring (bicyclic) bond motifs is 5. The molecule has 1 unspecified atom stereocenters. The summed E-state index contributed by atoms with van der Waals surface area (Å²) in [5, 5.41) is 45.4. The molecule has 5 heterocycles. The maximum Gasteiger partial charge on any atom is 0.410 e. The first-order chi connectivity index (χ1) is 31.3. The van der Waals surface area contributed by atoms with Gasteiger partial charge in [-0.05, 0) is 97.3 Å². The van der Waals surface area contributed by atoms with E-state index in [9.17, 15) is 34.5 Å². The van der Waals surface area contributed by atoms with E-state index in [1.165, 1.54) is 15.5 Å². The number of nitrogens with one attached hydrogen (secondary N) is 3. The van der Waals surface area contributed by atoms with Crippen molar-refractivity contribution in [3.63, 3.8) is 0 Å². The van der Waals surface area contributed by atoms with Gasteiger partial charge in [-0.25, -0.2) is 29.0 Å². The van der Waals surface area contributed by atoms with Crippen LogP contribution in [0, 0.1) is 0 Å². The lowest BCUT2D eigenvalue weighted by molar-refractivity contribution is -0.173. The average Bonchev–Trinajstić information content (AvgIpc) is 3.86. The maximum absolute atomic E-state index is 14.1. The molecule has 8 rings (SSSR count). The van der Waals surface area contributed by atoms with Crippen molar-refractivity contribution in [1.29, 1.82) is 0 Å². The van der Waals surface area contributed by atoms with Gasteiger partial charge in [-0.1, -0.05) is 39.8 Å².